The number of hydrogen-bond acceptors (Lipinski definition) is 5. The highest BCUT2D eigenvalue weighted by molar-refractivity contribution is 6.84. The van der Waals surface area contributed by atoms with Gasteiger partial charge in [-0.25, -0.2) is 0 Å². The summed E-state index contributed by atoms with van der Waals surface area (Å²) in [6.45, 7) is 12.0. The molecule has 0 aromatic heterocycles. The van der Waals surface area contributed by atoms with Crippen LogP contribution in [0.3, 0.4) is 0 Å². The monoisotopic (exact) mass is 538 g/mol. The maximum Gasteiger partial charge on any atom is 0.257 e. The number of carbonyl (C=O) groups is 2. The van der Waals surface area contributed by atoms with Gasteiger partial charge in [-0.2, -0.15) is 0 Å². The van der Waals surface area contributed by atoms with Crippen molar-refractivity contribution >= 4 is 39.8 Å². The highest BCUT2D eigenvalue weighted by Crippen LogP contribution is 2.29. The number of hydrogen-bond donors (Lipinski definition) is 0. The number of amides is 2. The third-order valence-electron chi connectivity index (χ3n) is 7.40. The summed E-state index contributed by atoms with van der Waals surface area (Å²) in [5, 5.41) is 0. The normalized spacial score (nSPS) is 16.3. The van der Waals surface area contributed by atoms with E-state index in [1.54, 1.807) is 0 Å². The van der Waals surface area contributed by atoms with Crippen molar-refractivity contribution < 1.29 is 13.7 Å². The average Bonchev–Trinajstić information content (AvgIpc) is 2.84. The van der Waals surface area contributed by atoms with E-state index in [2.05, 4.69) is 36.0 Å². The van der Waals surface area contributed by atoms with E-state index in [1.807, 2.05) is 72.4 Å². The van der Waals surface area contributed by atoms with Gasteiger partial charge in [-0.15, -0.1) is 0 Å². The minimum atomic E-state index is -1.87. The number of anilines is 2. The molecule has 0 spiro atoms. The van der Waals surface area contributed by atoms with Crippen molar-refractivity contribution in [3.05, 3.63) is 59.7 Å². The molecule has 2 aliphatic rings. The fourth-order valence-corrected chi connectivity index (χ4v) is 14.5. The topological polar surface area (TPSA) is 56.3 Å². The van der Waals surface area contributed by atoms with Gasteiger partial charge >= 0.3 is 0 Å². The van der Waals surface area contributed by atoms with Crippen molar-refractivity contribution in [2.45, 2.75) is 51.1 Å². The molecule has 0 saturated heterocycles. The molecule has 2 aliphatic heterocycles. The van der Waals surface area contributed by atoms with Crippen molar-refractivity contribution in [1.82, 2.24) is 9.80 Å². The fraction of sp³-hybridized carbons (Fsp3) is 0.500. The van der Waals surface area contributed by atoms with Crippen molar-refractivity contribution in [1.29, 1.82) is 0 Å². The third kappa shape index (κ3) is 6.45. The predicted molar refractivity (Wildman–Crippen MR) is 156 cm³/mol. The van der Waals surface area contributed by atoms with Crippen LogP contribution in [-0.2, 0) is 4.12 Å². The lowest BCUT2D eigenvalue weighted by molar-refractivity contribution is 0.0737. The quantitative estimate of drug-likeness (QED) is 0.385. The molecule has 0 N–H and O–H groups in total. The van der Waals surface area contributed by atoms with Crippen LogP contribution < -0.4 is 9.80 Å². The molecule has 4 rings (SSSR count). The molecule has 200 valence electrons. The maximum atomic E-state index is 13.0. The smallest absolute Gasteiger partial charge is 0.257 e. The SMILES string of the molecule is CN1CN(CCC[Si](C)(C)O[Si](C)(C)CCCN2CN(C)c3ccccc3C2=O)C(=O)c2ccccc21. The lowest BCUT2D eigenvalue weighted by Crippen LogP contribution is -2.48. The molecule has 0 unspecified atom stereocenters. The first-order valence-electron chi connectivity index (χ1n) is 13.4. The summed E-state index contributed by atoms with van der Waals surface area (Å²) < 4.78 is 6.86. The van der Waals surface area contributed by atoms with Crippen LogP contribution in [0.4, 0.5) is 11.4 Å². The fourth-order valence-electron chi connectivity index (χ4n) is 5.69. The predicted octanol–water partition coefficient (Wildman–Crippen LogP) is 5.29. The van der Waals surface area contributed by atoms with Crippen molar-refractivity contribution in [3.8, 4) is 0 Å². The Hall–Kier alpha value is -2.63. The van der Waals surface area contributed by atoms with E-state index in [9.17, 15) is 9.59 Å². The summed E-state index contributed by atoms with van der Waals surface area (Å²) in [5.41, 5.74) is 3.60. The molecular formula is C28H42N4O3Si2. The van der Waals surface area contributed by atoms with E-state index in [4.69, 9.17) is 4.12 Å². The lowest BCUT2D eigenvalue weighted by Gasteiger charge is -2.38. The maximum absolute atomic E-state index is 13.0. The number of rotatable bonds is 10. The molecule has 2 amide bonds. The van der Waals surface area contributed by atoms with Crippen LogP contribution in [0.2, 0.25) is 38.3 Å². The summed E-state index contributed by atoms with van der Waals surface area (Å²) in [6.07, 6.45) is 1.92. The molecule has 37 heavy (non-hydrogen) atoms. The van der Waals surface area contributed by atoms with E-state index >= 15 is 0 Å². The molecule has 2 heterocycles. The van der Waals surface area contributed by atoms with Gasteiger partial charge in [0.2, 0.25) is 0 Å². The first kappa shape index (κ1) is 27.4. The van der Waals surface area contributed by atoms with E-state index in [1.165, 1.54) is 0 Å². The van der Waals surface area contributed by atoms with E-state index < -0.39 is 16.6 Å². The molecule has 0 atom stereocenters. The molecule has 0 saturated carbocycles. The highest BCUT2D eigenvalue weighted by Gasteiger charge is 2.34. The van der Waals surface area contributed by atoms with Gasteiger partial charge in [0.1, 0.15) is 0 Å². The average molecular weight is 539 g/mol. The van der Waals surface area contributed by atoms with Gasteiger partial charge in [0.05, 0.1) is 35.8 Å². The van der Waals surface area contributed by atoms with Crippen molar-refractivity contribution in [2.24, 2.45) is 0 Å². The number of para-hydroxylation sites is 2. The second kappa shape index (κ2) is 11.0. The Balaban J connectivity index is 1.24. The van der Waals surface area contributed by atoms with Gasteiger partial charge in [-0.1, -0.05) is 24.3 Å². The Kier molecular flexibility index (Phi) is 8.15. The molecular weight excluding hydrogens is 497 g/mol. The summed E-state index contributed by atoms with van der Waals surface area (Å²) in [4.78, 5) is 34.1. The van der Waals surface area contributed by atoms with Crippen LogP contribution in [0.25, 0.3) is 0 Å². The first-order chi connectivity index (χ1) is 17.5. The molecule has 0 radical (unpaired) electrons. The van der Waals surface area contributed by atoms with Crippen molar-refractivity contribution in [2.75, 3.05) is 50.3 Å². The summed E-state index contributed by atoms with van der Waals surface area (Å²) >= 11 is 0. The largest absolute Gasteiger partial charge is 0.455 e. The summed E-state index contributed by atoms with van der Waals surface area (Å²) in [6, 6.07) is 17.8. The summed E-state index contributed by atoms with van der Waals surface area (Å²) in [7, 11) is 0.340. The number of carbonyl (C=O) groups excluding carboxylic acids is 2. The second-order valence-electron chi connectivity index (χ2n) is 11.7. The standard InChI is InChI=1S/C28H42N4O3Si2/c1-29-21-31(27(33)23-13-7-9-15-25(23)29)17-11-19-36(3,4)35-37(5,6)20-12-18-32-22-30(2)26-16-10-8-14-24(26)28(32)34/h7-10,13-16H,11-12,17-22H2,1-6H3. The third-order valence-corrected chi connectivity index (χ3v) is 14.9. The Morgan fingerprint density at radius 3 is 1.46 bits per heavy atom. The molecule has 0 aliphatic carbocycles. The minimum Gasteiger partial charge on any atom is -0.455 e. The van der Waals surface area contributed by atoms with Crippen LogP contribution in [0.1, 0.15) is 33.6 Å². The number of benzene rings is 2. The number of fused-ring (bicyclic) bond motifs is 2. The number of nitrogens with zero attached hydrogens (tertiary/aromatic N) is 4. The van der Waals surface area contributed by atoms with E-state index in [-0.39, 0.29) is 11.8 Å². The van der Waals surface area contributed by atoms with Crippen LogP contribution in [0.15, 0.2) is 48.5 Å². The minimum absolute atomic E-state index is 0.129. The Bertz CT molecular complexity index is 1050. The molecule has 9 heteroatoms. The second-order valence-corrected chi connectivity index (χ2v) is 20.5. The van der Waals surface area contributed by atoms with Crippen LogP contribution in [-0.4, -0.2) is 78.8 Å². The zero-order chi connectivity index (χ0) is 26.8. The van der Waals surface area contributed by atoms with Gasteiger partial charge in [0.25, 0.3) is 11.8 Å². The van der Waals surface area contributed by atoms with Gasteiger partial charge in [0.15, 0.2) is 16.6 Å². The Morgan fingerprint density at radius 2 is 1.05 bits per heavy atom. The zero-order valence-electron chi connectivity index (χ0n) is 23.3. The zero-order valence-corrected chi connectivity index (χ0v) is 25.3. The molecule has 0 bridgehead atoms. The molecule has 2 aromatic rings. The highest BCUT2D eigenvalue weighted by atomic mass is 28.4. The van der Waals surface area contributed by atoms with Gasteiger partial charge in [-0.05, 0) is 75.4 Å². The van der Waals surface area contributed by atoms with Gasteiger partial charge in [-0.3, -0.25) is 9.59 Å². The first-order valence-corrected chi connectivity index (χ1v) is 19.6. The van der Waals surface area contributed by atoms with Crippen LogP contribution in [0.5, 0.6) is 0 Å². The van der Waals surface area contributed by atoms with Crippen LogP contribution >= 0.6 is 0 Å². The molecule has 0 fully saturated rings. The van der Waals surface area contributed by atoms with E-state index in [0.29, 0.717) is 13.3 Å². The summed E-state index contributed by atoms with van der Waals surface area (Å²) in [5.74, 6) is 0.258. The molecule has 2 aromatic carbocycles. The Labute approximate surface area is 224 Å². The van der Waals surface area contributed by atoms with Gasteiger partial charge in [0, 0.05) is 27.2 Å². The lowest BCUT2D eigenvalue weighted by atomic mass is 10.1. The Morgan fingerprint density at radius 1 is 0.676 bits per heavy atom. The van der Waals surface area contributed by atoms with Crippen LogP contribution in [0, 0.1) is 0 Å². The van der Waals surface area contributed by atoms with E-state index in [0.717, 1.165) is 60.5 Å². The molecule has 7 nitrogen and oxygen atoms in total. The van der Waals surface area contributed by atoms with Crippen molar-refractivity contribution in [3.63, 3.8) is 0 Å². The van der Waals surface area contributed by atoms with Gasteiger partial charge < -0.3 is 23.7 Å².